The summed E-state index contributed by atoms with van der Waals surface area (Å²) in [5.74, 6) is 1.04. The van der Waals surface area contributed by atoms with Gasteiger partial charge in [0.1, 0.15) is 6.33 Å². The lowest BCUT2D eigenvalue weighted by Gasteiger charge is -2.21. The minimum Gasteiger partial charge on any atom is -0.355 e. The highest BCUT2D eigenvalue weighted by Gasteiger charge is 2.20. The second-order valence-electron chi connectivity index (χ2n) is 4.42. The molecule has 6 heteroatoms. The first kappa shape index (κ1) is 12.0. The maximum atomic E-state index is 11.8. The van der Waals surface area contributed by atoms with E-state index in [2.05, 4.69) is 20.7 Å². The van der Waals surface area contributed by atoms with Crippen LogP contribution in [0.2, 0.25) is 0 Å². The first-order valence-corrected chi connectivity index (χ1v) is 6.08. The average Bonchev–Trinajstić information content (AvgIpc) is 2.76. The Balaban J connectivity index is 1.69. The quantitative estimate of drug-likeness (QED) is 0.738. The van der Waals surface area contributed by atoms with Gasteiger partial charge in [-0.1, -0.05) is 0 Å². The molecule has 1 atom stereocenters. The van der Waals surface area contributed by atoms with E-state index in [-0.39, 0.29) is 11.8 Å². The van der Waals surface area contributed by atoms with Crippen LogP contribution in [0.5, 0.6) is 0 Å². The smallest absolute Gasteiger partial charge is 0.224 e. The van der Waals surface area contributed by atoms with Gasteiger partial charge in [-0.25, -0.2) is 4.98 Å². The fraction of sp³-hybridized carbons (Fsp3) is 0.727. The molecule has 1 amide bonds. The van der Waals surface area contributed by atoms with E-state index >= 15 is 0 Å². The van der Waals surface area contributed by atoms with Gasteiger partial charge in [-0.2, -0.15) is 5.10 Å². The first-order chi connectivity index (χ1) is 8.25. The van der Waals surface area contributed by atoms with Crippen molar-refractivity contribution in [3.8, 4) is 0 Å². The normalized spacial score (nSPS) is 20.2. The number of carbonyl (C=O) groups is 1. The molecule has 1 aromatic heterocycles. The fourth-order valence-corrected chi connectivity index (χ4v) is 2.02. The monoisotopic (exact) mass is 237 g/mol. The van der Waals surface area contributed by atoms with Gasteiger partial charge in [-0.05, 0) is 19.4 Å². The summed E-state index contributed by atoms with van der Waals surface area (Å²) in [5.41, 5.74) is 0. The number of aryl methyl sites for hydroxylation is 1. The highest BCUT2D eigenvalue weighted by Crippen LogP contribution is 2.09. The molecule has 17 heavy (non-hydrogen) atoms. The van der Waals surface area contributed by atoms with E-state index in [1.807, 2.05) is 7.05 Å². The van der Waals surface area contributed by atoms with Crippen LogP contribution in [-0.4, -0.2) is 40.3 Å². The predicted octanol–water partition coefficient (Wildman–Crippen LogP) is -0.527. The van der Waals surface area contributed by atoms with Gasteiger partial charge in [0.15, 0.2) is 5.82 Å². The summed E-state index contributed by atoms with van der Waals surface area (Å²) in [4.78, 5) is 15.9. The highest BCUT2D eigenvalue weighted by molar-refractivity contribution is 5.78. The number of hydrogen-bond acceptors (Lipinski definition) is 4. The molecule has 94 valence electrons. The lowest BCUT2D eigenvalue weighted by molar-refractivity contribution is -0.125. The number of amides is 1. The van der Waals surface area contributed by atoms with Crippen LogP contribution in [0.3, 0.4) is 0 Å². The Kier molecular flexibility index (Phi) is 4.08. The maximum absolute atomic E-state index is 11.8. The third-order valence-electron chi connectivity index (χ3n) is 2.96. The van der Waals surface area contributed by atoms with E-state index in [1.165, 1.54) is 0 Å². The van der Waals surface area contributed by atoms with Crippen LogP contribution in [0, 0.1) is 5.92 Å². The van der Waals surface area contributed by atoms with Crippen molar-refractivity contribution >= 4 is 5.91 Å². The molecule has 0 unspecified atom stereocenters. The minimum absolute atomic E-state index is 0.125. The van der Waals surface area contributed by atoms with Crippen LogP contribution in [-0.2, 0) is 18.3 Å². The molecule has 2 N–H and O–H groups in total. The summed E-state index contributed by atoms with van der Waals surface area (Å²) < 4.78 is 1.67. The zero-order valence-electron chi connectivity index (χ0n) is 10.1. The molecule has 0 bridgehead atoms. The lowest BCUT2D eigenvalue weighted by Crippen LogP contribution is -2.41. The number of nitrogens with one attached hydrogen (secondary N) is 2. The molecule has 2 rings (SSSR count). The van der Waals surface area contributed by atoms with Crippen LogP contribution in [0.1, 0.15) is 18.7 Å². The second kappa shape index (κ2) is 5.77. The highest BCUT2D eigenvalue weighted by atomic mass is 16.1. The molecule has 0 saturated carbocycles. The van der Waals surface area contributed by atoms with Crippen LogP contribution >= 0.6 is 0 Å². The average molecular weight is 237 g/mol. The van der Waals surface area contributed by atoms with Crippen LogP contribution < -0.4 is 10.6 Å². The molecule has 1 aliphatic rings. The van der Waals surface area contributed by atoms with E-state index in [0.717, 1.165) is 31.8 Å². The molecular weight excluding hydrogens is 218 g/mol. The van der Waals surface area contributed by atoms with E-state index in [1.54, 1.807) is 11.0 Å². The van der Waals surface area contributed by atoms with Gasteiger partial charge in [-0.15, -0.1) is 0 Å². The Morgan fingerprint density at radius 1 is 1.71 bits per heavy atom. The van der Waals surface area contributed by atoms with Crippen molar-refractivity contribution in [1.29, 1.82) is 0 Å². The Labute approximate surface area is 101 Å². The molecular formula is C11H19N5O. The number of aromatic nitrogens is 3. The van der Waals surface area contributed by atoms with E-state index in [9.17, 15) is 4.79 Å². The van der Waals surface area contributed by atoms with Crippen LogP contribution in [0.25, 0.3) is 0 Å². The predicted molar refractivity (Wildman–Crippen MR) is 63.3 cm³/mol. The van der Waals surface area contributed by atoms with E-state index in [4.69, 9.17) is 0 Å². The van der Waals surface area contributed by atoms with Gasteiger partial charge in [0, 0.05) is 26.6 Å². The fourth-order valence-electron chi connectivity index (χ4n) is 2.02. The van der Waals surface area contributed by atoms with Crippen molar-refractivity contribution in [2.24, 2.45) is 13.0 Å². The van der Waals surface area contributed by atoms with E-state index in [0.29, 0.717) is 13.0 Å². The molecule has 6 nitrogen and oxygen atoms in total. The number of hydrogen-bond donors (Lipinski definition) is 2. The molecule has 1 fully saturated rings. The lowest BCUT2D eigenvalue weighted by atomic mass is 9.99. The van der Waals surface area contributed by atoms with Crippen molar-refractivity contribution in [3.05, 3.63) is 12.2 Å². The SMILES string of the molecule is Cn1cnc(CCNC(=O)[C@@H]2CCCNC2)n1. The summed E-state index contributed by atoms with van der Waals surface area (Å²) in [7, 11) is 1.84. The number of nitrogens with zero attached hydrogens (tertiary/aromatic N) is 3. The molecule has 1 aromatic rings. The van der Waals surface area contributed by atoms with Crippen LogP contribution in [0.4, 0.5) is 0 Å². The third-order valence-corrected chi connectivity index (χ3v) is 2.96. The molecule has 0 aromatic carbocycles. The Hall–Kier alpha value is -1.43. The van der Waals surface area contributed by atoms with Gasteiger partial charge in [0.05, 0.1) is 5.92 Å². The third kappa shape index (κ3) is 3.52. The maximum Gasteiger partial charge on any atom is 0.224 e. The topological polar surface area (TPSA) is 71.8 Å². The molecule has 0 radical (unpaired) electrons. The minimum atomic E-state index is 0.125. The Morgan fingerprint density at radius 3 is 3.24 bits per heavy atom. The second-order valence-corrected chi connectivity index (χ2v) is 4.42. The summed E-state index contributed by atoms with van der Waals surface area (Å²) in [6.45, 7) is 2.44. The van der Waals surface area contributed by atoms with E-state index < -0.39 is 0 Å². The van der Waals surface area contributed by atoms with Crippen molar-refractivity contribution in [2.45, 2.75) is 19.3 Å². The standard InChI is InChI=1S/C11H19N5O/c1-16-8-14-10(15-16)4-6-13-11(17)9-3-2-5-12-7-9/h8-9,12H,2-7H2,1H3,(H,13,17)/t9-/m1/s1. The Morgan fingerprint density at radius 2 is 2.59 bits per heavy atom. The van der Waals surface area contributed by atoms with Crippen molar-refractivity contribution in [1.82, 2.24) is 25.4 Å². The van der Waals surface area contributed by atoms with Gasteiger partial charge < -0.3 is 10.6 Å². The largest absolute Gasteiger partial charge is 0.355 e. The zero-order chi connectivity index (χ0) is 12.1. The molecule has 0 spiro atoms. The van der Waals surface area contributed by atoms with Gasteiger partial charge >= 0.3 is 0 Å². The molecule has 1 saturated heterocycles. The number of rotatable bonds is 4. The zero-order valence-corrected chi connectivity index (χ0v) is 10.1. The molecule has 1 aliphatic heterocycles. The van der Waals surface area contributed by atoms with Gasteiger partial charge in [0.2, 0.25) is 5.91 Å². The molecule has 0 aliphatic carbocycles. The summed E-state index contributed by atoms with van der Waals surface area (Å²) in [6, 6.07) is 0. The molecule has 2 heterocycles. The van der Waals surface area contributed by atoms with Gasteiger partial charge in [-0.3, -0.25) is 9.48 Å². The number of carbonyl (C=O) groups excluding carboxylic acids is 1. The summed E-state index contributed by atoms with van der Waals surface area (Å²) in [6.07, 6.45) is 4.43. The summed E-state index contributed by atoms with van der Waals surface area (Å²) in [5, 5.41) is 10.3. The van der Waals surface area contributed by atoms with Gasteiger partial charge in [0.25, 0.3) is 0 Å². The summed E-state index contributed by atoms with van der Waals surface area (Å²) >= 11 is 0. The van der Waals surface area contributed by atoms with Crippen molar-refractivity contribution < 1.29 is 4.79 Å². The first-order valence-electron chi connectivity index (χ1n) is 6.08. The van der Waals surface area contributed by atoms with Crippen molar-refractivity contribution in [3.63, 3.8) is 0 Å². The Bertz CT molecular complexity index is 370. The van der Waals surface area contributed by atoms with Crippen LogP contribution in [0.15, 0.2) is 6.33 Å². The number of piperidine rings is 1. The van der Waals surface area contributed by atoms with Crippen molar-refractivity contribution in [2.75, 3.05) is 19.6 Å².